The Morgan fingerprint density at radius 3 is 2.74 bits per heavy atom. The number of aryl methyl sites for hydroxylation is 1. The summed E-state index contributed by atoms with van der Waals surface area (Å²) in [5.41, 5.74) is 1.80. The van der Waals surface area contributed by atoms with Gasteiger partial charge < -0.3 is 14.4 Å². The van der Waals surface area contributed by atoms with Gasteiger partial charge in [-0.2, -0.15) is 4.98 Å². The highest BCUT2D eigenvalue weighted by Gasteiger charge is 2.22. The third-order valence-corrected chi connectivity index (χ3v) is 5.04. The molecule has 1 aromatic heterocycles. The maximum Gasteiger partial charge on any atom is 0.282 e. The fourth-order valence-electron chi connectivity index (χ4n) is 3.39. The molecular weight excluding hydrogens is 312 g/mol. The summed E-state index contributed by atoms with van der Waals surface area (Å²) in [4.78, 5) is 21.4. The van der Waals surface area contributed by atoms with E-state index in [4.69, 9.17) is 11.6 Å². The molecule has 0 saturated carbocycles. The van der Waals surface area contributed by atoms with Gasteiger partial charge in [-0.15, -0.1) is 0 Å². The summed E-state index contributed by atoms with van der Waals surface area (Å²) in [6, 6.07) is 5.59. The first-order valence-electron chi connectivity index (χ1n) is 7.96. The van der Waals surface area contributed by atoms with Gasteiger partial charge >= 0.3 is 0 Å². The molecule has 3 heterocycles. The number of aromatic nitrogens is 2. The van der Waals surface area contributed by atoms with Crippen LogP contribution in [-0.4, -0.2) is 52.6 Å². The number of allylic oxidation sites excluding steroid dienone is 1. The molecule has 5 nitrogen and oxygen atoms in total. The van der Waals surface area contributed by atoms with Crippen LogP contribution in [0.4, 0.5) is 0 Å². The molecule has 0 spiro atoms. The zero-order valence-corrected chi connectivity index (χ0v) is 13.9. The van der Waals surface area contributed by atoms with Crippen LogP contribution in [0.25, 0.3) is 16.5 Å². The molecule has 0 unspecified atom stereocenters. The van der Waals surface area contributed by atoms with E-state index < -0.39 is 0 Å². The number of benzene rings is 1. The number of halogens is 1. The number of rotatable bonds is 1. The van der Waals surface area contributed by atoms with Crippen molar-refractivity contribution in [2.45, 2.75) is 13.0 Å². The number of hydrogen-bond acceptors (Lipinski definition) is 4. The largest absolute Gasteiger partial charge is 0.374 e. The van der Waals surface area contributed by atoms with E-state index in [0.29, 0.717) is 10.4 Å². The molecule has 4 rings (SSSR count). The number of nitrogens with zero attached hydrogens (tertiary/aromatic N) is 4. The highest BCUT2D eigenvalue weighted by molar-refractivity contribution is 6.35. The first-order valence-corrected chi connectivity index (χ1v) is 8.34. The van der Waals surface area contributed by atoms with Gasteiger partial charge in [0.1, 0.15) is 5.82 Å². The minimum atomic E-state index is -0.233. The van der Waals surface area contributed by atoms with E-state index in [0.717, 1.165) is 56.1 Å². The van der Waals surface area contributed by atoms with Crippen LogP contribution >= 0.6 is 11.6 Å². The number of likely N-dealkylation sites (N-methyl/N-ethyl adjacent to an activating group) is 1. The van der Waals surface area contributed by atoms with Crippen molar-refractivity contribution in [3.63, 3.8) is 0 Å². The van der Waals surface area contributed by atoms with Crippen molar-refractivity contribution in [3.05, 3.63) is 45.6 Å². The van der Waals surface area contributed by atoms with Crippen LogP contribution in [0.3, 0.4) is 0 Å². The molecule has 0 aliphatic carbocycles. The van der Waals surface area contributed by atoms with E-state index in [1.54, 1.807) is 6.07 Å². The third kappa shape index (κ3) is 2.54. The van der Waals surface area contributed by atoms with Gasteiger partial charge in [-0.25, -0.2) is 0 Å². The van der Waals surface area contributed by atoms with Crippen LogP contribution in [0, 0.1) is 0 Å². The quantitative estimate of drug-likeness (QED) is 0.802. The molecule has 0 atom stereocenters. The fraction of sp³-hybridized carbons (Fsp3) is 0.412. The summed E-state index contributed by atoms with van der Waals surface area (Å²) < 4.78 is 2.12. The second-order valence-corrected chi connectivity index (χ2v) is 6.68. The summed E-state index contributed by atoms with van der Waals surface area (Å²) in [5, 5.41) is 1.01. The topological polar surface area (TPSA) is 41.4 Å². The molecule has 1 fully saturated rings. The Labute approximate surface area is 139 Å². The molecule has 1 aromatic carbocycles. The first-order chi connectivity index (χ1) is 11.1. The smallest absolute Gasteiger partial charge is 0.282 e. The summed E-state index contributed by atoms with van der Waals surface area (Å²) in [6.45, 7) is 5.01. The maximum atomic E-state index is 12.4. The molecule has 6 heteroatoms. The average Bonchev–Trinajstić information content (AvgIpc) is 2.93. The molecule has 2 aromatic rings. The lowest BCUT2D eigenvalue weighted by Crippen LogP contribution is -2.41. The first kappa shape index (κ1) is 14.7. The Balaban J connectivity index is 1.78. The zero-order valence-electron chi connectivity index (χ0n) is 13.1. The lowest BCUT2D eigenvalue weighted by Gasteiger charge is -2.31. The van der Waals surface area contributed by atoms with Crippen LogP contribution in [-0.2, 0) is 6.54 Å². The predicted molar refractivity (Wildman–Crippen MR) is 92.7 cm³/mol. The molecule has 0 bridgehead atoms. The Kier molecular flexibility index (Phi) is 3.62. The van der Waals surface area contributed by atoms with E-state index in [-0.39, 0.29) is 5.56 Å². The number of fused-ring (bicyclic) bond motifs is 3. The minimum Gasteiger partial charge on any atom is -0.374 e. The predicted octanol–water partition coefficient (Wildman–Crippen LogP) is 2.04. The van der Waals surface area contributed by atoms with Gasteiger partial charge in [0, 0.05) is 44.5 Å². The van der Waals surface area contributed by atoms with Gasteiger partial charge in [-0.05, 0) is 25.6 Å². The Hall–Kier alpha value is -1.85. The van der Waals surface area contributed by atoms with E-state index >= 15 is 0 Å². The average molecular weight is 331 g/mol. The van der Waals surface area contributed by atoms with Crippen molar-refractivity contribution in [2.24, 2.45) is 0 Å². The molecule has 2 aliphatic rings. The summed E-state index contributed by atoms with van der Waals surface area (Å²) >= 11 is 6.19. The summed E-state index contributed by atoms with van der Waals surface area (Å²) in [5.74, 6) is 0.795. The van der Waals surface area contributed by atoms with Crippen molar-refractivity contribution in [1.29, 1.82) is 0 Å². The number of piperazine rings is 1. The SMILES string of the molecule is CN1CCN(C=C2CCn3c2nc(=O)c2c(Cl)cccc23)CC1. The lowest BCUT2D eigenvalue weighted by atomic mass is 10.2. The van der Waals surface area contributed by atoms with Crippen molar-refractivity contribution in [2.75, 3.05) is 33.2 Å². The lowest BCUT2D eigenvalue weighted by molar-refractivity contribution is 0.199. The second kappa shape index (κ2) is 5.65. The normalized spacial score (nSPS) is 20.4. The molecular formula is C17H19ClN4O. The molecule has 0 radical (unpaired) electrons. The third-order valence-electron chi connectivity index (χ3n) is 4.73. The highest BCUT2D eigenvalue weighted by Crippen LogP contribution is 2.30. The highest BCUT2D eigenvalue weighted by atomic mass is 35.5. The summed E-state index contributed by atoms with van der Waals surface area (Å²) in [6.07, 6.45) is 3.10. The van der Waals surface area contributed by atoms with E-state index in [2.05, 4.69) is 32.6 Å². The van der Waals surface area contributed by atoms with Crippen LogP contribution in [0.2, 0.25) is 5.02 Å². The van der Waals surface area contributed by atoms with E-state index in [9.17, 15) is 4.79 Å². The van der Waals surface area contributed by atoms with Gasteiger partial charge in [0.2, 0.25) is 0 Å². The molecule has 2 aliphatic heterocycles. The van der Waals surface area contributed by atoms with Gasteiger partial charge in [0.25, 0.3) is 5.56 Å². The number of hydrogen-bond donors (Lipinski definition) is 0. The van der Waals surface area contributed by atoms with Crippen molar-refractivity contribution in [1.82, 2.24) is 19.4 Å². The minimum absolute atomic E-state index is 0.233. The van der Waals surface area contributed by atoms with E-state index in [1.807, 2.05) is 12.1 Å². The molecule has 23 heavy (non-hydrogen) atoms. The van der Waals surface area contributed by atoms with Crippen LogP contribution in [0.5, 0.6) is 0 Å². The summed E-state index contributed by atoms with van der Waals surface area (Å²) in [7, 11) is 2.15. The maximum absolute atomic E-state index is 12.4. The Morgan fingerprint density at radius 2 is 1.96 bits per heavy atom. The van der Waals surface area contributed by atoms with Crippen molar-refractivity contribution in [3.8, 4) is 0 Å². The molecule has 120 valence electrons. The standard InChI is InChI=1S/C17H19ClN4O/c1-20-7-9-21(10-8-20)11-12-5-6-22-14-4-2-3-13(18)15(14)17(23)19-16(12)22/h2-4,11H,5-10H2,1H3. The van der Waals surface area contributed by atoms with Gasteiger partial charge in [0.15, 0.2) is 0 Å². The Morgan fingerprint density at radius 1 is 1.17 bits per heavy atom. The molecule has 0 N–H and O–H groups in total. The molecule has 0 amide bonds. The zero-order chi connectivity index (χ0) is 16.0. The van der Waals surface area contributed by atoms with E-state index in [1.165, 1.54) is 0 Å². The van der Waals surface area contributed by atoms with Crippen LogP contribution in [0.1, 0.15) is 12.2 Å². The van der Waals surface area contributed by atoms with Crippen molar-refractivity contribution < 1.29 is 0 Å². The Bertz CT molecular complexity index is 850. The van der Waals surface area contributed by atoms with Gasteiger partial charge in [0.05, 0.1) is 15.9 Å². The van der Waals surface area contributed by atoms with Crippen LogP contribution < -0.4 is 5.56 Å². The van der Waals surface area contributed by atoms with Gasteiger partial charge in [-0.3, -0.25) is 4.79 Å². The van der Waals surface area contributed by atoms with Crippen LogP contribution in [0.15, 0.2) is 29.2 Å². The van der Waals surface area contributed by atoms with Gasteiger partial charge in [-0.1, -0.05) is 17.7 Å². The second-order valence-electron chi connectivity index (χ2n) is 6.27. The molecule has 1 saturated heterocycles. The van der Waals surface area contributed by atoms with Crippen molar-refractivity contribution >= 4 is 28.1 Å². The fourth-order valence-corrected chi connectivity index (χ4v) is 3.64. The monoisotopic (exact) mass is 330 g/mol.